The van der Waals surface area contributed by atoms with Crippen molar-refractivity contribution in [3.05, 3.63) is 89.5 Å². The molecule has 2 atom stereocenters. The molecule has 0 spiro atoms. The molecular weight excluding hydrogens is 298 g/mol. The van der Waals surface area contributed by atoms with Crippen LogP contribution in [0.4, 0.5) is 0 Å². The summed E-state index contributed by atoms with van der Waals surface area (Å²) in [5.41, 5.74) is 4.94. The number of fused-ring (bicyclic) bond motifs is 1. The predicted molar refractivity (Wildman–Crippen MR) is 92.9 cm³/mol. The zero-order chi connectivity index (χ0) is 16.4. The van der Waals surface area contributed by atoms with E-state index in [0.717, 1.165) is 17.7 Å². The van der Waals surface area contributed by atoms with Crippen molar-refractivity contribution in [3.8, 4) is 5.75 Å². The maximum Gasteiger partial charge on any atom is 0.119 e. The van der Waals surface area contributed by atoms with Gasteiger partial charge >= 0.3 is 0 Å². The van der Waals surface area contributed by atoms with Crippen LogP contribution in [0.25, 0.3) is 0 Å². The number of hydrogen-bond acceptors (Lipinski definition) is 4. The monoisotopic (exact) mass is 317 g/mol. The molecule has 1 aliphatic heterocycles. The van der Waals surface area contributed by atoms with Crippen LogP contribution in [0.3, 0.4) is 0 Å². The van der Waals surface area contributed by atoms with Crippen molar-refractivity contribution in [2.75, 3.05) is 7.11 Å². The van der Waals surface area contributed by atoms with Crippen LogP contribution < -0.4 is 10.1 Å². The largest absolute Gasteiger partial charge is 0.497 e. The summed E-state index contributed by atoms with van der Waals surface area (Å²) >= 11 is 0. The highest BCUT2D eigenvalue weighted by atomic mass is 16.5. The minimum absolute atomic E-state index is 0.110. The van der Waals surface area contributed by atoms with Gasteiger partial charge in [0.2, 0.25) is 0 Å². The average molecular weight is 317 g/mol. The first kappa shape index (κ1) is 14.8. The third-order valence-electron chi connectivity index (χ3n) is 4.56. The number of nitrogens with zero attached hydrogens (tertiary/aromatic N) is 2. The van der Waals surface area contributed by atoms with E-state index in [2.05, 4.69) is 39.6 Å². The fourth-order valence-electron chi connectivity index (χ4n) is 3.36. The molecule has 1 aromatic carbocycles. The van der Waals surface area contributed by atoms with E-state index in [1.165, 1.54) is 16.7 Å². The highest BCUT2D eigenvalue weighted by Gasteiger charge is 2.28. The van der Waals surface area contributed by atoms with E-state index >= 15 is 0 Å². The van der Waals surface area contributed by atoms with Crippen molar-refractivity contribution in [3.63, 3.8) is 0 Å². The fraction of sp³-hybridized carbons (Fsp3) is 0.200. The van der Waals surface area contributed by atoms with Crippen LogP contribution in [0.5, 0.6) is 5.75 Å². The molecule has 4 nitrogen and oxygen atoms in total. The molecule has 0 saturated heterocycles. The van der Waals surface area contributed by atoms with Gasteiger partial charge in [0.1, 0.15) is 5.75 Å². The summed E-state index contributed by atoms with van der Waals surface area (Å²) in [4.78, 5) is 8.56. The number of ether oxygens (including phenoxy) is 1. The maximum atomic E-state index is 5.42. The Morgan fingerprint density at radius 2 is 1.75 bits per heavy atom. The van der Waals surface area contributed by atoms with E-state index in [0.29, 0.717) is 0 Å². The molecule has 4 heteroatoms. The van der Waals surface area contributed by atoms with Gasteiger partial charge in [0.05, 0.1) is 13.2 Å². The smallest absolute Gasteiger partial charge is 0.119 e. The van der Waals surface area contributed by atoms with Crippen molar-refractivity contribution in [1.29, 1.82) is 0 Å². The minimum Gasteiger partial charge on any atom is -0.497 e. The van der Waals surface area contributed by atoms with Gasteiger partial charge < -0.3 is 4.74 Å². The lowest BCUT2D eigenvalue weighted by Gasteiger charge is -2.34. The summed E-state index contributed by atoms with van der Waals surface area (Å²) in [7, 11) is 1.71. The lowest BCUT2D eigenvalue weighted by Crippen LogP contribution is -2.34. The van der Waals surface area contributed by atoms with E-state index in [1.807, 2.05) is 36.8 Å². The number of benzene rings is 1. The lowest BCUT2D eigenvalue weighted by atomic mass is 9.85. The van der Waals surface area contributed by atoms with Gasteiger partial charge in [-0.1, -0.05) is 18.2 Å². The van der Waals surface area contributed by atoms with Gasteiger partial charge in [-0.05, 0) is 52.9 Å². The molecule has 0 amide bonds. The molecule has 0 radical (unpaired) electrons. The molecule has 4 rings (SSSR count). The molecule has 0 unspecified atom stereocenters. The molecule has 1 aliphatic rings. The van der Waals surface area contributed by atoms with E-state index in [9.17, 15) is 0 Å². The van der Waals surface area contributed by atoms with Gasteiger partial charge in [-0.25, -0.2) is 0 Å². The highest BCUT2D eigenvalue weighted by molar-refractivity contribution is 5.44. The quantitative estimate of drug-likeness (QED) is 0.803. The molecule has 24 heavy (non-hydrogen) atoms. The maximum absolute atomic E-state index is 5.42. The normalized spacial score (nSPS) is 19.5. The van der Waals surface area contributed by atoms with Gasteiger partial charge in [0.15, 0.2) is 0 Å². The third-order valence-corrected chi connectivity index (χ3v) is 4.56. The summed E-state index contributed by atoms with van der Waals surface area (Å²) < 4.78 is 5.42. The second-order valence-electron chi connectivity index (χ2n) is 5.99. The summed E-state index contributed by atoms with van der Waals surface area (Å²) in [5.74, 6) is 0.894. The molecule has 3 aromatic rings. The van der Waals surface area contributed by atoms with Gasteiger partial charge in [-0.3, -0.25) is 15.3 Å². The fourth-order valence-corrected chi connectivity index (χ4v) is 3.36. The van der Waals surface area contributed by atoms with Crippen LogP contribution in [0.15, 0.2) is 67.3 Å². The molecule has 0 saturated carbocycles. The number of rotatable bonds is 3. The molecule has 2 aromatic heterocycles. The van der Waals surface area contributed by atoms with Crippen molar-refractivity contribution in [1.82, 2.24) is 15.3 Å². The van der Waals surface area contributed by atoms with E-state index in [-0.39, 0.29) is 12.1 Å². The first-order valence-corrected chi connectivity index (χ1v) is 8.08. The Morgan fingerprint density at radius 1 is 1.00 bits per heavy atom. The molecule has 1 N–H and O–H groups in total. The van der Waals surface area contributed by atoms with Crippen molar-refractivity contribution >= 4 is 0 Å². The summed E-state index contributed by atoms with van der Waals surface area (Å²) in [5, 5.41) is 3.76. The Kier molecular flexibility index (Phi) is 3.97. The summed E-state index contributed by atoms with van der Waals surface area (Å²) in [6.45, 7) is 0. The molecule has 0 fully saturated rings. The summed E-state index contributed by atoms with van der Waals surface area (Å²) in [6, 6.07) is 14.8. The first-order valence-electron chi connectivity index (χ1n) is 8.08. The van der Waals surface area contributed by atoms with E-state index < -0.39 is 0 Å². The molecule has 3 heterocycles. The number of pyridine rings is 2. The number of nitrogens with one attached hydrogen (secondary N) is 1. The SMILES string of the molecule is COc1ccc2c(c1)C[C@@H](c1cccnc1)N[C@H]2c1cccnc1. The Bertz CT molecular complexity index is 821. The Hall–Kier alpha value is -2.72. The van der Waals surface area contributed by atoms with Crippen molar-refractivity contribution in [2.45, 2.75) is 18.5 Å². The Balaban J connectivity index is 1.79. The Morgan fingerprint density at radius 3 is 2.42 bits per heavy atom. The highest BCUT2D eigenvalue weighted by Crippen LogP contribution is 2.36. The second-order valence-corrected chi connectivity index (χ2v) is 5.99. The van der Waals surface area contributed by atoms with Gasteiger partial charge in [-0.15, -0.1) is 0 Å². The van der Waals surface area contributed by atoms with Crippen LogP contribution in [-0.4, -0.2) is 17.1 Å². The van der Waals surface area contributed by atoms with Crippen LogP contribution >= 0.6 is 0 Å². The second kappa shape index (κ2) is 6.42. The average Bonchev–Trinajstić information content (AvgIpc) is 2.68. The summed E-state index contributed by atoms with van der Waals surface area (Å²) in [6.07, 6.45) is 8.39. The van der Waals surface area contributed by atoms with Crippen LogP contribution in [0.2, 0.25) is 0 Å². The number of hydrogen-bond donors (Lipinski definition) is 1. The van der Waals surface area contributed by atoms with Crippen LogP contribution in [0, 0.1) is 0 Å². The molecule has 0 bridgehead atoms. The van der Waals surface area contributed by atoms with Crippen LogP contribution in [-0.2, 0) is 6.42 Å². The number of aromatic nitrogens is 2. The predicted octanol–water partition coefficient (Wildman–Crippen LogP) is 3.46. The molecular formula is C20H19N3O. The number of methoxy groups -OCH3 is 1. The van der Waals surface area contributed by atoms with Crippen LogP contribution in [0.1, 0.15) is 34.3 Å². The van der Waals surface area contributed by atoms with Gasteiger partial charge in [0, 0.05) is 30.8 Å². The first-order chi connectivity index (χ1) is 11.8. The van der Waals surface area contributed by atoms with Crippen molar-refractivity contribution < 1.29 is 4.74 Å². The standard InChI is InChI=1S/C20H19N3O/c1-24-17-6-7-18-16(10-17)11-19(14-4-2-8-21-12-14)23-20(18)15-5-3-9-22-13-15/h2-10,12-13,19-20,23H,11H2,1H3/t19-,20-/m0/s1. The van der Waals surface area contributed by atoms with Crippen molar-refractivity contribution in [2.24, 2.45) is 0 Å². The van der Waals surface area contributed by atoms with E-state index in [1.54, 1.807) is 13.3 Å². The topological polar surface area (TPSA) is 47.0 Å². The molecule has 120 valence electrons. The lowest BCUT2D eigenvalue weighted by molar-refractivity contribution is 0.409. The minimum atomic E-state index is 0.110. The van der Waals surface area contributed by atoms with Gasteiger partial charge in [-0.2, -0.15) is 0 Å². The Labute approximate surface area is 141 Å². The third kappa shape index (κ3) is 2.76. The zero-order valence-electron chi connectivity index (χ0n) is 13.5. The van der Waals surface area contributed by atoms with Gasteiger partial charge in [0.25, 0.3) is 0 Å². The molecule has 0 aliphatic carbocycles. The zero-order valence-corrected chi connectivity index (χ0v) is 13.5. The van der Waals surface area contributed by atoms with E-state index in [4.69, 9.17) is 4.74 Å².